The highest BCUT2D eigenvalue weighted by atomic mass is 35.5. The van der Waals surface area contributed by atoms with Crippen molar-refractivity contribution in [1.82, 2.24) is 4.90 Å². The maximum Gasteiger partial charge on any atom is 0.254 e. The molecule has 1 amide bonds. The van der Waals surface area contributed by atoms with Crippen molar-refractivity contribution >= 4 is 23.3 Å². The second-order valence-corrected chi connectivity index (χ2v) is 7.69. The average Bonchev–Trinajstić information content (AvgIpc) is 3.23. The van der Waals surface area contributed by atoms with E-state index in [2.05, 4.69) is 0 Å². The van der Waals surface area contributed by atoms with E-state index in [1.807, 2.05) is 4.90 Å². The molecule has 26 heavy (non-hydrogen) atoms. The average molecular weight is 369 g/mol. The molecule has 4 nitrogen and oxygen atoms in total. The van der Waals surface area contributed by atoms with Crippen LogP contribution in [-0.2, 0) is 0 Å². The number of halogens is 1. The number of nitrogens with two attached hydrogens (primary N) is 1. The summed E-state index contributed by atoms with van der Waals surface area (Å²) in [6, 6.07) is 14.0. The van der Waals surface area contributed by atoms with E-state index in [0.717, 1.165) is 19.4 Å². The van der Waals surface area contributed by atoms with Crippen molar-refractivity contribution in [2.45, 2.75) is 18.9 Å². The normalized spacial score (nSPS) is 24.5. The van der Waals surface area contributed by atoms with Gasteiger partial charge >= 0.3 is 0 Å². The highest BCUT2D eigenvalue weighted by molar-refractivity contribution is 6.30. The fourth-order valence-corrected chi connectivity index (χ4v) is 4.39. The lowest BCUT2D eigenvalue weighted by Crippen LogP contribution is -2.34. The smallest absolute Gasteiger partial charge is 0.254 e. The minimum absolute atomic E-state index is 0.0792. The first-order chi connectivity index (χ1) is 12.5. The van der Waals surface area contributed by atoms with Gasteiger partial charge in [-0.1, -0.05) is 29.8 Å². The standard InChI is InChI=1S/C21H21ClN2O2/c22-15-8-5-13(6-9-15)20(25)16-3-1-2-4-17(16)21(26)24-11-14-7-10-19(23)18(14)12-24/h1-6,8-9,14,18-19H,7,10-12,23H2. The Bertz CT molecular complexity index is 849. The van der Waals surface area contributed by atoms with Crippen molar-refractivity contribution in [3.05, 3.63) is 70.2 Å². The molecule has 1 saturated heterocycles. The van der Waals surface area contributed by atoms with E-state index in [9.17, 15) is 9.59 Å². The maximum absolute atomic E-state index is 13.1. The molecule has 3 atom stereocenters. The number of ketones is 1. The third-order valence-corrected chi connectivity index (χ3v) is 5.96. The number of amides is 1. The molecule has 2 aliphatic rings. The Hall–Kier alpha value is -2.17. The minimum atomic E-state index is -0.165. The molecule has 0 spiro atoms. The van der Waals surface area contributed by atoms with Gasteiger partial charge in [0.2, 0.25) is 0 Å². The molecular formula is C21H21ClN2O2. The van der Waals surface area contributed by atoms with Crippen LogP contribution in [0.25, 0.3) is 0 Å². The fourth-order valence-electron chi connectivity index (χ4n) is 4.27. The second-order valence-electron chi connectivity index (χ2n) is 7.26. The summed E-state index contributed by atoms with van der Waals surface area (Å²) in [5.41, 5.74) is 7.60. The summed E-state index contributed by atoms with van der Waals surface area (Å²) >= 11 is 5.91. The second kappa shape index (κ2) is 6.86. The van der Waals surface area contributed by atoms with E-state index >= 15 is 0 Å². The van der Waals surface area contributed by atoms with Gasteiger partial charge < -0.3 is 10.6 Å². The highest BCUT2D eigenvalue weighted by Gasteiger charge is 2.42. The molecule has 5 heteroatoms. The van der Waals surface area contributed by atoms with Crippen molar-refractivity contribution in [3.8, 4) is 0 Å². The fraction of sp³-hybridized carbons (Fsp3) is 0.333. The molecule has 1 heterocycles. The molecule has 1 aliphatic heterocycles. The van der Waals surface area contributed by atoms with Crippen molar-refractivity contribution < 1.29 is 9.59 Å². The molecule has 134 valence electrons. The number of benzene rings is 2. The molecule has 0 radical (unpaired) electrons. The summed E-state index contributed by atoms with van der Waals surface area (Å²) < 4.78 is 0. The van der Waals surface area contributed by atoms with E-state index in [1.54, 1.807) is 48.5 Å². The van der Waals surface area contributed by atoms with Crippen LogP contribution in [0, 0.1) is 11.8 Å². The Labute approximate surface area is 157 Å². The SMILES string of the molecule is NC1CCC2CN(C(=O)c3ccccc3C(=O)c3ccc(Cl)cc3)CC12. The summed E-state index contributed by atoms with van der Waals surface area (Å²) in [4.78, 5) is 27.9. The van der Waals surface area contributed by atoms with Gasteiger partial charge in [-0.25, -0.2) is 0 Å². The third kappa shape index (κ3) is 3.04. The highest BCUT2D eigenvalue weighted by Crippen LogP contribution is 2.37. The lowest BCUT2D eigenvalue weighted by molar-refractivity contribution is 0.0775. The van der Waals surface area contributed by atoms with Crippen molar-refractivity contribution in [1.29, 1.82) is 0 Å². The van der Waals surface area contributed by atoms with Crippen LogP contribution < -0.4 is 5.73 Å². The van der Waals surface area contributed by atoms with Gasteiger partial charge in [0.1, 0.15) is 0 Å². The Balaban J connectivity index is 1.61. The molecule has 2 fully saturated rings. The molecule has 0 bridgehead atoms. The predicted molar refractivity (Wildman–Crippen MR) is 101 cm³/mol. The topological polar surface area (TPSA) is 63.4 Å². The molecule has 1 saturated carbocycles. The van der Waals surface area contributed by atoms with Gasteiger partial charge in [0.05, 0.1) is 5.56 Å². The quantitative estimate of drug-likeness (QED) is 0.845. The van der Waals surface area contributed by atoms with Crippen LogP contribution in [0.2, 0.25) is 5.02 Å². The first-order valence-corrected chi connectivity index (χ1v) is 9.36. The first-order valence-electron chi connectivity index (χ1n) is 8.99. The van der Waals surface area contributed by atoms with E-state index in [4.69, 9.17) is 17.3 Å². The largest absolute Gasteiger partial charge is 0.338 e. The lowest BCUT2D eigenvalue weighted by atomic mass is 9.97. The zero-order valence-corrected chi connectivity index (χ0v) is 15.2. The molecule has 0 aromatic heterocycles. The van der Waals surface area contributed by atoms with E-state index in [0.29, 0.717) is 40.1 Å². The zero-order chi connectivity index (χ0) is 18.3. The Morgan fingerprint density at radius 3 is 2.35 bits per heavy atom. The van der Waals surface area contributed by atoms with E-state index in [1.165, 1.54) is 0 Å². The van der Waals surface area contributed by atoms with Gasteiger partial charge in [-0.2, -0.15) is 0 Å². The lowest BCUT2D eigenvalue weighted by Gasteiger charge is -2.20. The van der Waals surface area contributed by atoms with Crippen LogP contribution in [0.3, 0.4) is 0 Å². The summed E-state index contributed by atoms with van der Waals surface area (Å²) in [5, 5.41) is 0.575. The van der Waals surface area contributed by atoms with Gasteiger partial charge in [0.25, 0.3) is 5.91 Å². The Morgan fingerprint density at radius 1 is 0.962 bits per heavy atom. The summed E-state index contributed by atoms with van der Waals surface area (Å²) in [5.74, 6) is 0.636. The van der Waals surface area contributed by atoms with Gasteiger partial charge in [0.15, 0.2) is 5.78 Å². The molecule has 2 aromatic rings. The Kier molecular flexibility index (Phi) is 4.55. The monoisotopic (exact) mass is 368 g/mol. The summed E-state index contributed by atoms with van der Waals surface area (Å²) in [6.45, 7) is 1.43. The maximum atomic E-state index is 13.1. The molecule has 2 aromatic carbocycles. The van der Waals surface area contributed by atoms with Crippen LogP contribution in [0.4, 0.5) is 0 Å². The van der Waals surface area contributed by atoms with Gasteiger partial charge in [-0.15, -0.1) is 0 Å². The van der Waals surface area contributed by atoms with Gasteiger partial charge in [-0.05, 0) is 55.0 Å². The zero-order valence-electron chi connectivity index (χ0n) is 14.4. The molecule has 2 N–H and O–H groups in total. The van der Waals surface area contributed by atoms with E-state index in [-0.39, 0.29) is 17.7 Å². The number of nitrogens with zero attached hydrogens (tertiary/aromatic N) is 1. The number of hydrogen-bond acceptors (Lipinski definition) is 3. The number of carbonyl (C=O) groups is 2. The number of fused-ring (bicyclic) bond motifs is 1. The predicted octanol–water partition coefficient (Wildman–Crippen LogP) is 3.38. The Morgan fingerprint density at radius 2 is 1.65 bits per heavy atom. The molecule has 3 unspecified atom stereocenters. The number of likely N-dealkylation sites (tertiary alicyclic amines) is 1. The van der Waals surface area contributed by atoms with Crippen LogP contribution in [0.5, 0.6) is 0 Å². The minimum Gasteiger partial charge on any atom is -0.338 e. The van der Waals surface area contributed by atoms with E-state index < -0.39 is 0 Å². The van der Waals surface area contributed by atoms with Crippen LogP contribution in [-0.4, -0.2) is 35.7 Å². The van der Waals surface area contributed by atoms with Crippen LogP contribution in [0.15, 0.2) is 48.5 Å². The number of carbonyl (C=O) groups excluding carboxylic acids is 2. The van der Waals surface area contributed by atoms with Gasteiger partial charge in [0, 0.05) is 35.3 Å². The number of hydrogen-bond donors (Lipinski definition) is 1. The molecule has 4 rings (SSSR count). The van der Waals surface area contributed by atoms with Crippen LogP contribution in [0.1, 0.15) is 39.1 Å². The van der Waals surface area contributed by atoms with Crippen LogP contribution >= 0.6 is 11.6 Å². The summed E-state index contributed by atoms with van der Waals surface area (Å²) in [7, 11) is 0. The van der Waals surface area contributed by atoms with Crippen molar-refractivity contribution in [3.63, 3.8) is 0 Å². The number of rotatable bonds is 3. The third-order valence-electron chi connectivity index (χ3n) is 5.71. The van der Waals surface area contributed by atoms with Crippen molar-refractivity contribution in [2.75, 3.05) is 13.1 Å². The van der Waals surface area contributed by atoms with Crippen molar-refractivity contribution in [2.24, 2.45) is 17.6 Å². The molecule has 1 aliphatic carbocycles. The molecular weight excluding hydrogens is 348 g/mol. The first kappa shape index (κ1) is 17.3. The van der Waals surface area contributed by atoms with Gasteiger partial charge in [-0.3, -0.25) is 9.59 Å². The summed E-state index contributed by atoms with van der Waals surface area (Å²) in [6.07, 6.45) is 2.13.